The lowest BCUT2D eigenvalue weighted by atomic mass is 10.1. The van der Waals surface area contributed by atoms with Gasteiger partial charge in [-0.15, -0.1) is 0 Å². The van der Waals surface area contributed by atoms with Crippen LogP contribution in [0.15, 0.2) is 60.7 Å². The van der Waals surface area contributed by atoms with Crippen LogP contribution >= 0.6 is 11.5 Å². The summed E-state index contributed by atoms with van der Waals surface area (Å²) in [7, 11) is 0. The first kappa shape index (κ1) is 11.2. The van der Waals surface area contributed by atoms with Gasteiger partial charge < -0.3 is 0 Å². The molecule has 2 aromatic carbocycles. The second-order valence-electron chi connectivity index (χ2n) is 4.26. The molecule has 0 amide bonds. The fourth-order valence-electron chi connectivity index (χ4n) is 2.00. The monoisotopic (exact) mass is 251 g/mol. The van der Waals surface area contributed by atoms with E-state index in [1.807, 2.05) is 18.2 Å². The van der Waals surface area contributed by atoms with Crippen LogP contribution in [0.4, 0.5) is 0 Å². The third kappa shape index (κ3) is 2.07. The molecule has 0 saturated heterocycles. The number of hydrogen-bond donors (Lipinski definition) is 0. The van der Waals surface area contributed by atoms with Gasteiger partial charge in [0.2, 0.25) is 0 Å². The van der Waals surface area contributed by atoms with E-state index in [1.54, 1.807) is 11.5 Å². The molecular weight excluding hydrogens is 238 g/mol. The number of aromatic nitrogens is 1. The van der Waals surface area contributed by atoms with E-state index in [1.165, 1.54) is 21.6 Å². The fraction of sp³-hybridized carbons (Fsp3) is 0.0625. The van der Waals surface area contributed by atoms with Crippen molar-refractivity contribution in [2.45, 2.75) is 6.92 Å². The third-order valence-electron chi connectivity index (χ3n) is 2.99. The molecule has 1 aromatic heterocycles. The van der Waals surface area contributed by atoms with Crippen LogP contribution in [-0.4, -0.2) is 4.37 Å². The lowest BCUT2D eigenvalue weighted by Gasteiger charge is -2.00. The SMILES string of the molecule is Cc1ccccc1-c1cc(-c2ccccc2)ns1. The van der Waals surface area contributed by atoms with Crippen LogP contribution in [0.5, 0.6) is 0 Å². The molecule has 0 unspecified atom stereocenters. The minimum Gasteiger partial charge on any atom is -0.192 e. The highest BCUT2D eigenvalue weighted by molar-refractivity contribution is 7.09. The van der Waals surface area contributed by atoms with E-state index in [-0.39, 0.29) is 0 Å². The number of benzene rings is 2. The molecule has 88 valence electrons. The molecule has 3 aromatic rings. The molecule has 0 aliphatic carbocycles. The van der Waals surface area contributed by atoms with Crippen molar-refractivity contribution < 1.29 is 0 Å². The second-order valence-corrected chi connectivity index (χ2v) is 5.06. The maximum Gasteiger partial charge on any atom is 0.0847 e. The molecule has 18 heavy (non-hydrogen) atoms. The largest absolute Gasteiger partial charge is 0.192 e. The van der Waals surface area contributed by atoms with Gasteiger partial charge in [0, 0.05) is 5.56 Å². The van der Waals surface area contributed by atoms with Gasteiger partial charge in [0.1, 0.15) is 0 Å². The molecule has 0 bridgehead atoms. The van der Waals surface area contributed by atoms with Gasteiger partial charge in [0.15, 0.2) is 0 Å². The Morgan fingerprint density at radius 3 is 2.39 bits per heavy atom. The fourth-order valence-corrected chi connectivity index (χ4v) is 2.84. The van der Waals surface area contributed by atoms with Crippen molar-refractivity contribution in [3.8, 4) is 21.7 Å². The molecule has 0 atom stereocenters. The maximum absolute atomic E-state index is 4.55. The Hall–Kier alpha value is -1.93. The summed E-state index contributed by atoms with van der Waals surface area (Å²) in [6, 6.07) is 20.9. The quantitative estimate of drug-likeness (QED) is 0.638. The van der Waals surface area contributed by atoms with E-state index in [0.29, 0.717) is 0 Å². The smallest absolute Gasteiger partial charge is 0.0847 e. The zero-order valence-corrected chi connectivity index (χ0v) is 10.9. The molecule has 1 heterocycles. The number of rotatable bonds is 2. The Balaban J connectivity index is 2.03. The summed E-state index contributed by atoms with van der Waals surface area (Å²) in [5, 5.41) is 0. The summed E-state index contributed by atoms with van der Waals surface area (Å²) in [5.74, 6) is 0. The molecular formula is C16H13NS. The van der Waals surface area contributed by atoms with Crippen molar-refractivity contribution in [3.63, 3.8) is 0 Å². The van der Waals surface area contributed by atoms with Gasteiger partial charge in [-0.2, -0.15) is 4.37 Å². The van der Waals surface area contributed by atoms with Crippen molar-refractivity contribution in [3.05, 3.63) is 66.2 Å². The summed E-state index contributed by atoms with van der Waals surface area (Å²) >= 11 is 1.56. The van der Waals surface area contributed by atoms with Gasteiger partial charge >= 0.3 is 0 Å². The van der Waals surface area contributed by atoms with Crippen LogP contribution in [0.3, 0.4) is 0 Å². The first-order valence-corrected chi connectivity index (χ1v) is 6.70. The molecule has 0 aliphatic rings. The first-order chi connectivity index (χ1) is 8.84. The minimum atomic E-state index is 1.05. The standard InChI is InChI=1S/C16H13NS/c1-12-7-5-6-10-14(12)16-11-15(17-18-16)13-8-3-2-4-9-13/h2-11H,1H3. The topological polar surface area (TPSA) is 12.9 Å². The van der Waals surface area contributed by atoms with E-state index in [0.717, 1.165) is 5.69 Å². The molecule has 3 rings (SSSR count). The zero-order valence-electron chi connectivity index (χ0n) is 10.1. The van der Waals surface area contributed by atoms with Crippen LogP contribution in [0.2, 0.25) is 0 Å². The lowest BCUT2D eigenvalue weighted by Crippen LogP contribution is -1.78. The van der Waals surface area contributed by atoms with Crippen molar-refractivity contribution in [2.75, 3.05) is 0 Å². The Bertz CT molecular complexity index is 656. The highest BCUT2D eigenvalue weighted by Crippen LogP contribution is 2.31. The first-order valence-electron chi connectivity index (χ1n) is 5.93. The predicted octanol–water partition coefficient (Wildman–Crippen LogP) is 4.79. The highest BCUT2D eigenvalue weighted by Gasteiger charge is 2.07. The average Bonchev–Trinajstić information content (AvgIpc) is 2.90. The van der Waals surface area contributed by atoms with Crippen LogP contribution in [-0.2, 0) is 0 Å². The summed E-state index contributed by atoms with van der Waals surface area (Å²) in [5.41, 5.74) is 4.80. The summed E-state index contributed by atoms with van der Waals surface area (Å²) in [6.07, 6.45) is 0. The molecule has 0 N–H and O–H groups in total. The van der Waals surface area contributed by atoms with Gasteiger partial charge in [-0.25, -0.2) is 0 Å². The lowest BCUT2D eigenvalue weighted by molar-refractivity contribution is 1.48. The van der Waals surface area contributed by atoms with E-state index in [2.05, 4.69) is 53.8 Å². The van der Waals surface area contributed by atoms with Crippen LogP contribution in [0, 0.1) is 6.92 Å². The Morgan fingerprint density at radius 1 is 0.889 bits per heavy atom. The summed E-state index contributed by atoms with van der Waals surface area (Å²) < 4.78 is 4.55. The number of aryl methyl sites for hydroxylation is 1. The van der Waals surface area contributed by atoms with Crippen molar-refractivity contribution in [1.82, 2.24) is 4.37 Å². The molecule has 0 saturated carbocycles. The van der Waals surface area contributed by atoms with E-state index < -0.39 is 0 Å². The normalized spacial score (nSPS) is 10.5. The molecule has 1 nitrogen and oxygen atoms in total. The molecule has 0 fully saturated rings. The second kappa shape index (κ2) is 4.75. The minimum absolute atomic E-state index is 1.05. The van der Waals surface area contributed by atoms with Gasteiger partial charge in [0.25, 0.3) is 0 Å². The van der Waals surface area contributed by atoms with Gasteiger partial charge in [-0.3, -0.25) is 0 Å². The van der Waals surface area contributed by atoms with E-state index in [9.17, 15) is 0 Å². The van der Waals surface area contributed by atoms with Crippen molar-refractivity contribution in [2.24, 2.45) is 0 Å². The molecule has 0 aliphatic heterocycles. The van der Waals surface area contributed by atoms with Gasteiger partial charge in [-0.05, 0) is 35.6 Å². The molecule has 0 radical (unpaired) electrons. The Kier molecular flexibility index (Phi) is 2.95. The van der Waals surface area contributed by atoms with E-state index in [4.69, 9.17) is 0 Å². The summed E-state index contributed by atoms with van der Waals surface area (Å²) in [4.78, 5) is 1.23. The zero-order chi connectivity index (χ0) is 12.4. The van der Waals surface area contributed by atoms with Crippen molar-refractivity contribution >= 4 is 11.5 Å². The maximum atomic E-state index is 4.55. The predicted molar refractivity (Wildman–Crippen MR) is 77.7 cm³/mol. The third-order valence-corrected chi connectivity index (χ3v) is 3.81. The summed E-state index contributed by atoms with van der Waals surface area (Å²) in [6.45, 7) is 2.14. The van der Waals surface area contributed by atoms with Crippen LogP contribution in [0.25, 0.3) is 21.7 Å². The van der Waals surface area contributed by atoms with Crippen LogP contribution in [0.1, 0.15) is 5.56 Å². The number of hydrogen-bond acceptors (Lipinski definition) is 2. The Labute approximate surface area is 111 Å². The van der Waals surface area contributed by atoms with Gasteiger partial charge in [0.05, 0.1) is 10.6 Å². The van der Waals surface area contributed by atoms with Crippen LogP contribution < -0.4 is 0 Å². The van der Waals surface area contributed by atoms with E-state index >= 15 is 0 Å². The van der Waals surface area contributed by atoms with Gasteiger partial charge in [-0.1, -0.05) is 54.6 Å². The molecule has 0 spiro atoms. The average molecular weight is 251 g/mol. The number of nitrogens with zero attached hydrogens (tertiary/aromatic N) is 1. The molecule has 2 heteroatoms. The Morgan fingerprint density at radius 2 is 1.61 bits per heavy atom. The highest BCUT2D eigenvalue weighted by atomic mass is 32.1. The van der Waals surface area contributed by atoms with Crippen molar-refractivity contribution in [1.29, 1.82) is 0 Å².